The van der Waals surface area contributed by atoms with E-state index in [2.05, 4.69) is 14.7 Å². The lowest BCUT2D eigenvalue weighted by Gasteiger charge is -2.12. The highest BCUT2D eigenvalue weighted by Gasteiger charge is 2.23. The Kier molecular flexibility index (Phi) is 4.69. The standard InChI is InChI=1S/C14H15FN2O5S/c1-8(13-9(2)17-21-10(13)3)14(18)16-11-4-6-12(7-5-11)22-23(15,19)20/h4-8H,1-3H3,(H,16,18). The zero-order chi connectivity index (χ0) is 17.2. The van der Waals surface area contributed by atoms with E-state index in [-0.39, 0.29) is 11.7 Å². The monoisotopic (exact) mass is 342 g/mol. The van der Waals surface area contributed by atoms with E-state index in [1.807, 2.05) is 0 Å². The van der Waals surface area contributed by atoms with Gasteiger partial charge in [0.1, 0.15) is 11.5 Å². The van der Waals surface area contributed by atoms with E-state index in [1.54, 1.807) is 20.8 Å². The Balaban J connectivity index is 2.08. The summed E-state index contributed by atoms with van der Waals surface area (Å²) >= 11 is 0. The lowest BCUT2D eigenvalue weighted by molar-refractivity contribution is -0.117. The molecule has 0 saturated carbocycles. The molecule has 0 aliphatic carbocycles. The number of aryl methyl sites for hydroxylation is 2. The summed E-state index contributed by atoms with van der Waals surface area (Å²) in [7, 11) is -5.07. The first kappa shape index (κ1) is 16.9. The van der Waals surface area contributed by atoms with Crippen LogP contribution >= 0.6 is 0 Å². The summed E-state index contributed by atoms with van der Waals surface area (Å²) < 4.78 is 42.2. The number of halogens is 1. The number of anilines is 1. The van der Waals surface area contributed by atoms with Crippen molar-refractivity contribution in [1.29, 1.82) is 0 Å². The maximum Gasteiger partial charge on any atom is 0.488 e. The molecule has 0 spiro atoms. The van der Waals surface area contributed by atoms with Crippen LogP contribution in [0.3, 0.4) is 0 Å². The summed E-state index contributed by atoms with van der Waals surface area (Å²) in [5.74, 6) is -0.388. The van der Waals surface area contributed by atoms with Crippen LogP contribution in [-0.4, -0.2) is 19.5 Å². The van der Waals surface area contributed by atoms with E-state index in [0.29, 0.717) is 22.7 Å². The third-order valence-electron chi connectivity index (χ3n) is 3.23. The number of carbonyl (C=O) groups is 1. The molecule has 7 nitrogen and oxygen atoms in total. The van der Waals surface area contributed by atoms with Gasteiger partial charge in [0.25, 0.3) is 0 Å². The van der Waals surface area contributed by atoms with Crippen molar-refractivity contribution in [3.05, 3.63) is 41.3 Å². The van der Waals surface area contributed by atoms with Crippen molar-refractivity contribution < 1.29 is 25.8 Å². The van der Waals surface area contributed by atoms with Gasteiger partial charge in [-0.1, -0.05) is 9.04 Å². The smallest absolute Gasteiger partial charge is 0.361 e. The molecular formula is C14H15FN2O5S. The largest absolute Gasteiger partial charge is 0.488 e. The van der Waals surface area contributed by atoms with Crippen LogP contribution in [-0.2, 0) is 15.3 Å². The van der Waals surface area contributed by atoms with Gasteiger partial charge in [-0.2, -0.15) is 8.42 Å². The number of benzene rings is 1. The molecule has 0 bridgehead atoms. The maximum absolute atomic E-state index is 12.4. The van der Waals surface area contributed by atoms with Crippen molar-refractivity contribution in [3.63, 3.8) is 0 Å². The number of rotatable bonds is 5. The highest BCUT2D eigenvalue weighted by Crippen LogP contribution is 2.25. The van der Waals surface area contributed by atoms with E-state index >= 15 is 0 Å². The number of hydrogen-bond donors (Lipinski definition) is 1. The number of hydrogen-bond acceptors (Lipinski definition) is 6. The van der Waals surface area contributed by atoms with Crippen molar-refractivity contribution in [2.45, 2.75) is 26.7 Å². The Bertz CT molecular complexity index is 795. The average Bonchev–Trinajstić information content (AvgIpc) is 2.78. The molecule has 0 aliphatic rings. The second-order valence-corrected chi connectivity index (χ2v) is 5.90. The first-order valence-corrected chi connectivity index (χ1v) is 7.96. The summed E-state index contributed by atoms with van der Waals surface area (Å²) in [4.78, 5) is 12.3. The van der Waals surface area contributed by atoms with Crippen molar-refractivity contribution in [2.75, 3.05) is 5.32 Å². The Morgan fingerprint density at radius 2 is 1.91 bits per heavy atom. The molecule has 9 heteroatoms. The Morgan fingerprint density at radius 1 is 1.30 bits per heavy atom. The predicted molar refractivity (Wildman–Crippen MR) is 80.1 cm³/mol. The molecule has 1 unspecified atom stereocenters. The molecule has 2 rings (SSSR count). The molecule has 1 heterocycles. The molecule has 0 radical (unpaired) electrons. The van der Waals surface area contributed by atoms with E-state index in [4.69, 9.17) is 4.52 Å². The zero-order valence-corrected chi connectivity index (χ0v) is 13.5. The van der Waals surface area contributed by atoms with E-state index < -0.39 is 16.4 Å². The Labute approximate surface area is 132 Å². The number of amides is 1. The number of nitrogens with zero attached hydrogens (tertiary/aromatic N) is 1. The van der Waals surface area contributed by atoms with Crippen LogP contribution in [0, 0.1) is 13.8 Å². The minimum Gasteiger partial charge on any atom is -0.361 e. The van der Waals surface area contributed by atoms with Gasteiger partial charge in [-0.25, -0.2) is 0 Å². The van der Waals surface area contributed by atoms with Crippen molar-refractivity contribution in [3.8, 4) is 5.75 Å². The highest BCUT2D eigenvalue weighted by molar-refractivity contribution is 7.81. The molecule has 1 amide bonds. The van der Waals surface area contributed by atoms with Gasteiger partial charge in [-0.3, -0.25) is 4.79 Å². The lowest BCUT2D eigenvalue weighted by Crippen LogP contribution is -2.19. The minimum absolute atomic E-state index is 0.190. The normalized spacial score (nSPS) is 12.7. The predicted octanol–water partition coefficient (Wildman–Crippen LogP) is 2.63. The average molecular weight is 342 g/mol. The van der Waals surface area contributed by atoms with Gasteiger partial charge >= 0.3 is 10.5 Å². The van der Waals surface area contributed by atoms with E-state index in [9.17, 15) is 17.1 Å². The van der Waals surface area contributed by atoms with E-state index in [0.717, 1.165) is 0 Å². The highest BCUT2D eigenvalue weighted by atomic mass is 32.3. The van der Waals surface area contributed by atoms with Gasteiger partial charge in [-0.05, 0) is 45.0 Å². The van der Waals surface area contributed by atoms with Gasteiger partial charge in [0.05, 0.1) is 11.6 Å². The van der Waals surface area contributed by atoms with Crippen LogP contribution in [0.5, 0.6) is 5.75 Å². The lowest BCUT2D eigenvalue weighted by atomic mass is 9.98. The van der Waals surface area contributed by atoms with Crippen LogP contribution < -0.4 is 9.50 Å². The van der Waals surface area contributed by atoms with Crippen LogP contribution in [0.2, 0.25) is 0 Å². The van der Waals surface area contributed by atoms with Crippen molar-refractivity contribution >= 4 is 22.1 Å². The topological polar surface area (TPSA) is 98.5 Å². The van der Waals surface area contributed by atoms with Gasteiger partial charge in [0, 0.05) is 11.3 Å². The molecule has 1 aromatic carbocycles. The van der Waals surface area contributed by atoms with E-state index in [1.165, 1.54) is 24.3 Å². The molecule has 2 aromatic rings. The fourth-order valence-corrected chi connectivity index (χ4v) is 2.54. The molecule has 0 fully saturated rings. The van der Waals surface area contributed by atoms with Gasteiger partial charge < -0.3 is 14.0 Å². The quantitative estimate of drug-likeness (QED) is 0.839. The van der Waals surface area contributed by atoms with Crippen LogP contribution in [0.4, 0.5) is 9.57 Å². The summed E-state index contributed by atoms with van der Waals surface area (Å²) in [5.41, 5.74) is 1.77. The second kappa shape index (κ2) is 6.37. The minimum atomic E-state index is -5.07. The van der Waals surface area contributed by atoms with Crippen LogP contribution in [0.15, 0.2) is 28.8 Å². The van der Waals surface area contributed by atoms with Crippen LogP contribution in [0.25, 0.3) is 0 Å². The molecule has 1 aromatic heterocycles. The third kappa shape index (κ3) is 4.28. The molecule has 124 valence electrons. The van der Waals surface area contributed by atoms with Crippen molar-refractivity contribution in [2.24, 2.45) is 0 Å². The van der Waals surface area contributed by atoms with Gasteiger partial charge in [0.15, 0.2) is 0 Å². The first-order chi connectivity index (χ1) is 10.7. The SMILES string of the molecule is Cc1noc(C)c1C(C)C(=O)Nc1ccc(OS(=O)(=O)F)cc1. The summed E-state index contributed by atoms with van der Waals surface area (Å²) in [6, 6.07) is 5.26. The summed E-state index contributed by atoms with van der Waals surface area (Å²) in [6.45, 7) is 5.19. The first-order valence-electron chi connectivity index (χ1n) is 6.65. The second-order valence-electron chi connectivity index (χ2n) is 4.95. The zero-order valence-electron chi connectivity index (χ0n) is 12.7. The van der Waals surface area contributed by atoms with Crippen LogP contribution in [0.1, 0.15) is 29.9 Å². The summed E-state index contributed by atoms with van der Waals surface area (Å²) in [6.07, 6.45) is 0. The molecule has 0 saturated heterocycles. The molecule has 1 N–H and O–H groups in total. The summed E-state index contributed by atoms with van der Waals surface area (Å²) in [5, 5.41) is 6.48. The molecular weight excluding hydrogens is 327 g/mol. The fourth-order valence-electron chi connectivity index (χ4n) is 2.20. The van der Waals surface area contributed by atoms with Gasteiger partial charge in [-0.15, -0.1) is 0 Å². The Hall–Kier alpha value is -2.42. The molecule has 0 aliphatic heterocycles. The number of carbonyl (C=O) groups excluding carboxylic acids is 1. The molecule has 23 heavy (non-hydrogen) atoms. The maximum atomic E-state index is 12.4. The molecule has 1 atom stereocenters. The van der Waals surface area contributed by atoms with Crippen molar-refractivity contribution in [1.82, 2.24) is 5.16 Å². The van der Waals surface area contributed by atoms with Gasteiger partial charge in [0.2, 0.25) is 5.91 Å². The third-order valence-corrected chi connectivity index (χ3v) is 3.62. The number of nitrogens with one attached hydrogen (secondary N) is 1. The fraction of sp³-hybridized carbons (Fsp3) is 0.286. The Morgan fingerprint density at radius 3 is 2.39 bits per heavy atom. The number of aromatic nitrogens is 1.